The van der Waals surface area contributed by atoms with Gasteiger partial charge in [0, 0.05) is 0 Å². The van der Waals surface area contributed by atoms with Gasteiger partial charge in [0.05, 0.1) is 11.7 Å². The second kappa shape index (κ2) is 10.7. The standard InChI is InChI=1S/C26H52O/c1-11-16-17-21(12-2)23-20(7)24(27-26(10,14-4)15-5)19(6)18-22(23)25(8,9)13-3/h19-24H,11-18H2,1-10H3. The predicted octanol–water partition coefficient (Wildman–Crippen LogP) is 8.51. The van der Waals surface area contributed by atoms with Gasteiger partial charge in [0.2, 0.25) is 0 Å². The second-order valence-electron chi connectivity index (χ2n) is 10.6. The van der Waals surface area contributed by atoms with Gasteiger partial charge in [-0.2, -0.15) is 0 Å². The molecule has 0 radical (unpaired) electrons. The molecule has 162 valence electrons. The molecule has 6 unspecified atom stereocenters. The molecular weight excluding hydrogens is 328 g/mol. The van der Waals surface area contributed by atoms with Crippen LogP contribution in [0.4, 0.5) is 0 Å². The minimum Gasteiger partial charge on any atom is -0.372 e. The van der Waals surface area contributed by atoms with Gasteiger partial charge >= 0.3 is 0 Å². The molecule has 1 rings (SSSR count). The lowest BCUT2D eigenvalue weighted by Crippen LogP contribution is -2.52. The fraction of sp³-hybridized carbons (Fsp3) is 1.00. The van der Waals surface area contributed by atoms with E-state index in [1.807, 2.05) is 0 Å². The minimum atomic E-state index is 0.0377. The van der Waals surface area contributed by atoms with Crippen molar-refractivity contribution in [2.75, 3.05) is 0 Å². The Morgan fingerprint density at radius 2 is 1.52 bits per heavy atom. The number of unbranched alkanes of at least 4 members (excludes halogenated alkanes) is 1. The van der Waals surface area contributed by atoms with Gasteiger partial charge in [-0.3, -0.25) is 0 Å². The SMILES string of the molecule is CCCCC(CC)C1C(C)C(OC(C)(CC)CC)C(C)CC1C(C)(C)CC. The summed E-state index contributed by atoms with van der Waals surface area (Å²) >= 11 is 0. The number of ether oxygens (including phenoxy) is 1. The first-order valence-electron chi connectivity index (χ1n) is 12.3. The average Bonchev–Trinajstić information content (AvgIpc) is 2.66. The zero-order valence-corrected chi connectivity index (χ0v) is 20.5. The zero-order chi connectivity index (χ0) is 20.8. The third-order valence-corrected chi connectivity index (χ3v) is 8.61. The van der Waals surface area contributed by atoms with Crippen LogP contribution in [0.15, 0.2) is 0 Å². The molecule has 0 aromatic rings. The molecule has 0 aromatic heterocycles. The molecular formula is C26H52O. The summed E-state index contributed by atoms with van der Waals surface area (Å²) in [6.45, 7) is 24.1. The fourth-order valence-corrected chi connectivity index (χ4v) is 5.76. The van der Waals surface area contributed by atoms with Crippen LogP contribution in [0, 0.1) is 35.0 Å². The molecule has 1 heteroatoms. The van der Waals surface area contributed by atoms with Crippen LogP contribution >= 0.6 is 0 Å². The van der Waals surface area contributed by atoms with E-state index < -0.39 is 0 Å². The van der Waals surface area contributed by atoms with Crippen molar-refractivity contribution < 1.29 is 4.74 Å². The first-order chi connectivity index (χ1) is 12.6. The largest absolute Gasteiger partial charge is 0.372 e. The minimum absolute atomic E-state index is 0.0377. The van der Waals surface area contributed by atoms with E-state index in [4.69, 9.17) is 4.74 Å². The van der Waals surface area contributed by atoms with Crippen LogP contribution in [0.5, 0.6) is 0 Å². The Morgan fingerprint density at radius 3 is 1.96 bits per heavy atom. The summed E-state index contributed by atoms with van der Waals surface area (Å²) in [4.78, 5) is 0. The summed E-state index contributed by atoms with van der Waals surface area (Å²) in [6.07, 6.45) is 10.7. The lowest BCUT2D eigenvalue weighted by Gasteiger charge is -2.54. The van der Waals surface area contributed by atoms with Crippen molar-refractivity contribution in [2.24, 2.45) is 35.0 Å². The van der Waals surface area contributed by atoms with Crippen molar-refractivity contribution in [2.45, 2.75) is 132 Å². The molecule has 0 bridgehead atoms. The lowest BCUT2D eigenvalue weighted by atomic mass is 9.54. The van der Waals surface area contributed by atoms with Crippen LogP contribution in [0.1, 0.15) is 121 Å². The maximum atomic E-state index is 6.93. The second-order valence-corrected chi connectivity index (χ2v) is 10.6. The van der Waals surface area contributed by atoms with Crippen molar-refractivity contribution in [3.63, 3.8) is 0 Å². The van der Waals surface area contributed by atoms with Crippen molar-refractivity contribution >= 4 is 0 Å². The highest BCUT2D eigenvalue weighted by Crippen LogP contribution is 2.53. The van der Waals surface area contributed by atoms with Crippen LogP contribution < -0.4 is 0 Å². The Balaban J connectivity index is 3.22. The molecule has 0 spiro atoms. The molecule has 0 aliphatic heterocycles. The van der Waals surface area contributed by atoms with Crippen molar-refractivity contribution in [3.8, 4) is 0 Å². The van der Waals surface area contributed by atoms with E-state index >= 15 is 0 Å². The maximum absolute atomic E-state index is 6.93. The molecule has 0 N–H and O–H groups in total. The van der Waals surface area contributed by atoms with Gasteiger partial charge in [-0.1, -0.05) is 94.4 Å². The van der Waals surface area contributed by atoms with E-state index in [9.17, 15) is 0 Å². The van der Waals surface area contributed by atoms with Crippen LogP contribution in [0.2, 0.25) is 0 Å². The third-order valence-electron chi connectivity index (χ3n) is 8.61. The molecule has 6 atom stereocenters. The van der Waals surface area contributed by atoms with E-state index in [-0.39, 0.29) is 5.60 Å². The quantitative estimate of drug-likeness (QED) is 0.349. The highest BCUT2D eigenvalue weighted by molar-refractivity contribution is 4.98. The summed E-state index contributed by atoms with van der Waals surface area (Å²) in [5, 5.41) is 0. The smallest absolute Gasteiger partial charge is 0.0653 e. The summed E-state index contributed by atoms with van der Waals surface area (Å²) in [6, 6.07) is 0. The highest BCUT2D eigenvalue weighted by Gasteiger charge is 2.49. The maximum Gasteiger partial charge on any atom is 0.0653 e. The van der Waals surface area contributed by atoms with Crippen LogP contribution in [-0.2, 0) is 4.74 Å². The number of hydrogen-bond acceptors (Lipinski definition) is 1. The first-order valence-corrected chi connectivity index (χ1v) is 12.3. The molecule has 1 aliphatic carbocycles. The molecule has 0 heterocycles. The average molecular weight is 381 g/mol. The monoisotopic (exact) mass is 380 g/mol. The Hall–Kier alpha value is -0.0400. The Morgan fingerprint density at radius 1 is 0.926 bits per heavy atom. The third kappa shape index (κ3) is 5.97. The van der Waals surface area contributed by atoms with Gasteiger partial charge in [0.25, 0.3) is 0 Å². The fourth-order valence-electron chi connectivity index (χ4n) is 5.76. The van der Waals surface area contributed by atoms with Crippen molar-refractivity contribution in [1.29, 1.82) is 0 Å². The van der Waals surface area contributed by atoms with Gasteiger partial charge in [0.15, 0.2) is 0 Å². The van der Waals surface area contributed by atoms with E-state index in [0.717, 1.165) is 30.6 Å². The van der Waals surface area contributed by atoms with E-state index in [1.165, 1.54) is 38.5 Å². The van der Waals surface area contributed by atoms with Crippen LogP contribution in [0.25, 0.3) is 0 Å². The van der Waals surface area contributed by atoms with Gasteiger partial charge in [-0.25, -0.2) is 0 Å². The van der Waals surface area contributed by atoms with E-state index in [0.29, 0.717) is 23.4 Å². The summed E-state index contributed by atoms with van der Waals surface area (Å²) in [7, 11) is 0. The molecule has 1 fully saturated rings. The summed E-state index contributed by atoms with van der Waals surface area (Å²) in [5.41, 5.74) is 0.465. The first kappa shape index (κ1) is 25.0. The van der Waals surface area contributed by atoms with E-state index in [2.05, 4.69) is 69.2 Å². The molecule has 27 heavy (non-hydrogen) atoms. The molecule has 0 aromatic carbocycles. The Labute approximate surface area is 172 Å². The van der Waals surface area contributed by atoms with Gasteiger partial charge in [-0.05, 0) is 61.2 Å². The summed E-state index contributed by atoms with van der Waals surface area (Å²) in [5.74, 6) is 3.79. The van der Waals surface area contributed by atoms with Crippen molar-refractivity contribution in [1.82, 2.24) is 0 Å². The van der Waals surface area contributed by atoms with E-state index in [1.54, 1.807) is 0 Å². The number of hydrogen-bond donors (Lipinski definition) is 0. The topological polar surface area (TPSA) is 9.23 Å². The molecule has 1 saturated carbocycles. The summed E-state index contributed by atoms with van der Waals surface area (Å²) < 4.78 is 6.93. The normalized spacial score (nSPS) is 31.1. The Kier molecular flexibility index (Phi) is 9.86. The van der Waals surface area contributed by atoms with Crippen LogP contribution in [0.3, 0.4) is 0 Å². The lowest BCUT2D eigenvalue weighted by molar-refractivity contribution is -0.174. The zero-order valence-electron chi connectivity index (χ0n) is 20.5. The molecule has 0 amide bonds. The highest BCUT2D eigenvalue weighted by atomic mass is 16.5. The van der Waals surface area contributed by atoms with Crippen molar-refractivity contribution in [3.05, 3.63) is 0 Å². The van der Waals surface area contributed by atoms with Gasteiger partial charge < -0.3 is 4.74 Å². The predicted molar refractivity (Wildman–Crippen MR) is 121 cm³/mol. The van der Waals surface area contributed by atoms with Gasteiger partial charge in [0.1, 0.15) is 0 Å². The molecule has 0 saturated heterocycles. The molecule has 1 aliphatic rings. The number of rotatable bonds is 11. The molecule has 1 nitrogen and oxygen atoms in total. The van der Waals surface area contributed by atoms with Crippen LogP contribution in [-0.4, -0.2) is 11.7 Å². The Bertz CT molecular complexity index is 408. The van der Waals surface area contributed by atoms with Gasteiger partial charge in [-0.15, -0.1) is 0 Å².